The molecule has 1 aromatic carbocycles. The molecule has 0 spiro atoms. The molecule has 0 saturated heterocycles. The fourth-order valence-electron chi connectivity index (χ4n) is 3.20. The Balaban J connectivity index is 2.07. The first-order valence-electron chi connectivity index (χ1n) is 7.66. The summed E-state index contributed by atoms with van der Waals surface area (Å²) in [6.07, 6.45) is 4.80. The molecule has 126 valence electrons. The second-order valence-corrected chi connectivity index (χ2v) is 5.97. The van der Waals surface area contributed by atoms with Crippen LogP contribution in [0.5, 0.6) is 0 Å². The molecule has 23 heavy (non-hydrogen) atoms. The van der Waals surface area contributed by atoms with Gasteiger partial charge in [-0.15, -0.1) is 0 Å². The van der Waals surface area contributed by atoms with E-state index in [0.717, 1.165) is 44.2 Å². The molecular weight excluding hydrogens is 311 g/mol. The van der Waals surface area contributed by atoms with E-state index in [9.17, 15) is 22.0 Å². The van der Waals surface area contributed by atoms with Gasteiger partial charge in [0.15, 0.2) is 0 Å². The number of alkyl halides is 3. The molecule has 0 N–H and O–H groups in total. The molecule has 0 amide bonds. The largest absolute Gasteiger partial charge is 0.422 e. The molecule has 1 aliphatic carbocycles. The summed E-state index contributed by atoms with van der Waals surface area (Å²) in [6, 6.07) is 1.68. The minimum absolute atomic E-state index is 0.0825. The van der Waals surface area contributed by atoms with Gasteiger partial charge >= 0.3 is 6.18 Å². The second-order valence-electron chi connectivity index (χ2n) is 5.97. The van der Waals surface area contributed by atoms with Crippen molar-refractivity contribution in [3.05, 3.63) is 59.7 Å². The predicted molar refractivity (Wildman–Crippen MR) is 80.0 cm³/mol. The second kappa shape index (κ2) is 7.28. The molecule has 1 aliphatic rings. The van der Waals surface area contributed by atoms with Crippen LogP contribution in [0.3, 0.4) is 0 Å². The van der Waals surface area contributed by atoms with E-state index < -0.39 is 23.4 Å². The fraction of sp³-hybridized carbons (Fsp3) is 0.444. The number of benzene rings is 1. The Labute approximate surface area is 132 Å². The topological polar surface area (TPSA) is 0 Å². The SMILES string of the molecule is C=C/C=C\CC1CCC(c2cc(F)c(C(F)(F)F)c(F)c2)CC1. The van der Waals surface area contributed by atoms with Gasteiger partial charge in [0, 0.05) is 0 Å². The Morgan fingerprint density at radius 1 is 1.04 bits per heavy atom. The molecule has 0 aromatic heterocycles. The molecule has 0 atom stereocenters. The summed E-state index contributed by atoms with van der Waals surface area (Å²) in [6.45, 7) is 3.60. The van der Waals surface area contributed by atoms with Crippen LogP contribution in [0.4, 0.5) is 22.0 Å². The van der Waals surface area contributed by atoms with Gasteiger partial charge < -0.3 is 0 Å². The van der Waals surface area contributed by atoms with Crippen LogP contribution in [0.2, 0.25) is 0 Å². The maximum atomic E-state index is 13.7. The number of rotatable bonds is 4. The van der Waals surface area contributed by atoms with E-state index in [-0.39, 0.29) is 5.92 Å². The summed E-state index contributed by atoms with van der Waals surface area (Å²) in [5.74, 6) is -2.63. The molecule has 0 heterocycles. The van der Waals surface area contributed by atoms with Gasteiger partial charge in [0.1, 0.15) is 17.2 Å². The van der Waals surface area contributed by atoms with E-state index in [1.165, 1.54) is 0 Å². The van der Waals surface area contributed by atoms with E-state index in [0.29, 0.717) is 11.5 Å². The first-order chi connectivity index (χ1) is 10.8. The molecule has 0 bridgehead atoms. The van der Waals surface area contributed by atoms with Crippen molar-refractivity contribution in [1.82, 2.24) is 0 Å². The average molecular weight is 330 g/mol. The zero-order valence-electron chi connectivity index (χ0n) is 12.7. The van der Waals surface area contributed by atoms with Crippen LogP contribution in [-0.2, 0) is 6.18 Å². The highest BCUT2D eigenvalue weighted by atomic mass is 19.4. The lowest BCUT2D eigenvalue weighted by Crippen LogP contribution is -2.16. The molecule has 0 radical (unpaired) electrons. The first-order valence-corrected chi connectivity index (χ1v) is 7.66. The van der Waals surface area contributed by atoms with Crippen molar-refractivity contribution in [3.63, 3.8) is 0 Å². The highest BCUT2D eigenvalue weighted by molar-refractivity contribution is 5.30. The first kappa shape index (κ1) is 17.7. The van der Waals surface area contributed by atoms with E-state index in [2.05, 4.69) is 6.58 Å². The minimum atomic E-state index is -5.01. The van der Waals surface area contributed by atoms with Crippen LogP contribution in [0.15, 0.2) is 36.9 Å². The maximum absolute atomic E-state index is 13.7. The van der Waals surface area contributed by atoms with Crippen molar-refractivity contribution >= 4 is 0 Å². The number of halogens is 5. The van der Waals surface area contributed by atoms with Gasteiger partial charge in [-0.05, 0) is 61.6 Å². The number of hydrogen-bond donors (Lipinski definition) is 0. The van der Waals surface area contributed by atoms with Crippen LogP contribution in [0, 0.1) is 17.6 Å². The summed E-state index contributed by atoms with van der Waals surface area (Å²) in [7, 11) is 0. The maximum Gasteiger partial charge on any atom is 0.422 e. The van der Waals surface area contributed by atoms with Crippen molar-refractivity contribution in [1.29, 1.82) is 0 Å². The quantitative estimate of drug-likeness (QED) is 0.443. The van der Waals surface area contributed by atoms with Crippen LogP contribution >= 0.6 is 0 Å². The molecule has 1 fully saturated rings. The lowest BCUT2D eigenvalue weighted by Gasteiger charge is -2.28. The third-order valence-corrected chi connectivity index (χ3v) is 4.41. The van der Waals surface area contributed by atoms with Crippen LogP contribution in [-0.4, -0.2) is 0 Å². The third-order valence-electron chi connectivity index (χ3n) is 4.41. The number of allylic oxidation sites excluding steroid dienone is 3. The summed E-state index contributed by atoms with van der Waals surface area (Å²) >= 11 is 0. The molecule has 2 rings (SSSR count). The van der Waals surface area contributed by atoms with E-state index in [4.69, 9.17) is 0 Å². The molecule has 1 aromatic rings. The van der Waals surface area contributed by atoms with Crippen LogP contribution in [0.1, 0.15) is 49.1 Å². The van der Waals surface area contributed by atoms with Gasteiger partial charge in [-0.3, -0.25) is 0 Å². The molecule has 5 heteroatoms. The van der Waals surface area contributed by atoms with Crippen LogP contribution < -0.4 is 0 Å². The average Bonchev–Trinajstić information content (AvgIpc) is 2.46. The molecule has 0 nitrogen and oxygen atoms in total. The summed E-state index contributed by atoms with van der Waals surface area (Å²) in [5.41, 5.74) is -1.47. The summed E-state index contributed by atoms with van der Waals surface area (Å²) in [5, 5.41) is 0. The monoisotopic (exact) mass is 330 g/mol. The van der Waals surface area contributed by atoms with Crippen molar-refractivity contribution in [2.45, 2.75) is 44.2 Å². The van der Waals surface area contributed by atoms with E-state index in [1.807, 2.05) is 12.2 Å². The van der Waals surface area contributed by atoms with Crippen LogP contribution in [0.25, 0.3) is 0 Å². The molecular formula is C18H19F5. The normalized spacial score (nSPS) is 22.5. The van der Waals surface area contributed by atoms with Gasteiger partial charge in [0.2, 0.25) is 0 Å². The lowest BCUT2D eigenvalue weighted by molar-refractivity contribution is -0.142. The molecule has 1 saturated carbocycles. The van der Waals surface area contributed by atoms with Gasteiger partial charge in [0.25, 0.3) is 0 Å². The highest BCUT2D eigenvalue weighted by Gasteiger charge is 2.38. The van der Waals surface area contributed by atoms with Crippen molar-refractivity contribution in [3.8, 4) is 0 Å². The third kappa shape index (κ3) is 4.43. The zero-order chi connectivity index (χ0) is 17.0. The van der Waals surface area contributed by atoms with Gasteiger partial charge in [-0.25, -0.2) is 8.78 Å². The Bertz CT molecular complexity index is 555. The predicted octanol–water partition coefficient (Wildman–Crippen LogP) is 6.39. The molecule has 0 aliphatic heterocycles. The Kier molecular flexibility index (Phi) is 5.60. The van der Waals surface area contributed by atoms with Gasteiger partial charge in [-0.2, -0.15) is 13.2 Å². The Morgan fingerprint density at radius 2 is 1.61 bits per heavy atom. The molecule has 0 unspecified atom stereocenters. The van der Waals surface area contributed by atoms with Gasteiger partial charge in [-0.1, -0.05) is 24.8 Å². The van der Waals surface area contributed by atoms with E-state index in [1.54, 1.807) is 6.08 Å². The van der Waals surface area contributed by atoms with E-state index >= 15 is 0 Å². The zero-order valence-corrected chi connectivity index (χ0v) is 12.7. The highest BCUT2D eigenvalue weighted by Crippen LogP contribution is 2.40. The summed E-state index contributed by atoms with van der Waals surface area (Å²) < 4.78 is 65.1. The van der Waals surface area contributed by atoms with Crippen molar-refractivity contribution < 1.29 is 22.0 Å². The summed E-state index contributed by atoms with van der Waals surface area (Å²) in [4.78, 5) is 0. The fourth-order valence-corrected chi connectivity index (χ4v) is 3.20. The van der Waals surface area contributed by atoms with Crippen molar-refractivity contribution in [2.75, 3.05) is 0 Å². The minimum Gasteiger partial charge on any atom is -0.206 e. The van der Waals surface area contributed by atoms with Gasteiger partial charge in [0.05, 0.1) is 0 Å². The Hall–Kier alpha value is -1.65. The van der Waals surface area contributed by atoms with Crippen molar-refractivity contribution in [2.24, 2.45) is 5.92 Å². The standard InChI is InChI=1S/C18H19F5/c1-2-3-4-5-12-6-8-13(9-7-12)14-10-15(19)17(16(20)11-14)18(21,22)23/h2-4,10-13H,1,5-9H2/b4-3-. The number of hydrogen-bond acceptors (Lipinski definition) is 0. The Morgan fingerprint density at radius 3 is 2.09 bits per heavy atom. The lowest BCUT2D eigenvalue weighted by atomic mass is 9.77. The smallest absolute Gasteiger partial charge is 0.206 e.